The molecule has 0 bridgehead atoms. The smallest absolute Gasteiger partial charge is 0.241 e. The maximum Gasteiger partial charge on any atom is 0.241 e. The molecule has 1 aromatic carbocycles. The first kappa shape index (κ1) is 10.7. The molecule has 3 N–H and O–H groups in total. The molecule has 0 aliphatic heterocycles. The zero-order valence-electron chi connectivity index (χ0n) is 7.52. The summed E-state index contributed by atoms with van der Waals surface area (Å²) in [6.45, 7) is 1.26. The Hall–Kier alpha value is -1.40. The molecule has 1 atom stereocenters. The van der Waals surface area contributed by atoms with Gasteiger partial charge in [-0.2, -0.15) is 4.28 Å². The monoisotopic (exact) mass is 214 g/mol. The number of hydrogen-bond donors (Lipinski definition) is 2. The molecule has 76 valence electrons. The van der Waals surface area contributed by atoms with E-state index in [0.29, 0.717) is 10.6 Å². The van der Waals surface area contributed by atoms with Crippen molar-refractivity contribution in [1.29, 1.82) is 0 Å². The van der Waals surface area contributed by atoms with E-state index in [1.165, 1.54) is 6.92 Å². The Balaban J connectivity index is 2.61. The largest absolute Gasteiger partial charge is 0.399 e. The third kappa shape index (κ3) is 3.15. The predicted molar refractivity (Wildman–Crippen MR) is 52.2 cm³/mol. The number of benzene rings is 1. The molecule has 1 aromatic rings. The zero-order valence-corrected chi connectivity index (χ0v) is 8.34. The fraction of sp³-hybridized carbons (Fsp3) is 0.125. The molecule has 14 heavy (non-hydrogen) atoms. The SMILES string of the molecule is CC(=O)NOS(=O)c1ccc(N)cc1. The summed E-state index contributed by atoms with van der Waals surface area (Å²) in [4.78, 5) is 10.9. The summed E-state index contributed by atoms with van der Waals surface area (Å²) in [5, 5.41) is 0. The zero-order chi connectivity index (χ0) is 10.6. The van der Waals surface area contributed by atoms with Gasteiger partial charge in [0.2, 0.25) is 17.0 Å². The van der Waals surface area contributed by atoms with E-state index in [2.05, 4.69) is 4.28 Å². The van der Waals surface area contributed by atoms with Gasteiger partial charge in [-0.15, -0.1) is 0 Å². The van der Waals surface area contributed by atoms with E-state index in [1.54, 1.807) is 24.3 Å². The van der Waals surface area contributed by atoms with E-state index >= 15 is 0 Å². The van der Waals surface area contributed by atoms with Crippen LogP contribution in [0.25, 0.3) is 0 Å². The number of carbonyl (C=O) groups is 1. The van der Waals surface area contributed by atoms with Crippen LogP contribution in [0.15, 0.2) is 29.2 Å². The van der Waals surface area contributed by atoms with Crippen LogP contribution >= 0.6 is 0 Å². The quantitative estimate of drug-likeness (QED) is 0.562. The molecule has 0 heterocycles. The van der Waals surface area contributed by atoms with Gasteiger partial charge in [0, 0.05) is 12.6 Å². The van der Waals surface area contributed by atoms with Crippen molar-refractivity contribution in [1.82, 2.24) is 5.48 Å². The van der Waals surface area contributed by atoms with Gasteiger partial charge in [0.05, 0.1) is 4.90 Å². The van der Waals surface area contributed by atoms with Crippen LogP contribution in [-0.2, 0) is 20.2 Å². The topological polar surface area (TPSA) is 81.4 Å². The van der Waals surface area contributed by atoms with Gasteiger partial charge in [-0.25, -0.2) is 9.69 Å². The second kappa shape index (κ2) is 4.73. The van der Waals surface area contributed by atoms with E-state index < -0.39 is 17.0 Å². The lowest BCUT2D eigenvalue weighted by Crippen LogP contribution is -2.21. The highest BCUT2D eigenvalue weighted by Crippen LogP contribution is 2.09. The molecule has 0 spiro atoms. The highest BCUT2D eigenvalue weighted by atomic mass is 32.2. The first-order valence-electron chi connectivity index (χ1n) is 3.81. The summed E-state index contributed by atoms with van der Waals surface area (Å²) >= 11 is -1.70. The maximum atomic E-state index is 11.3. The fourth-order valence-corrected chi connectivity index (χ4v) is 1.37. The highest BCUT2D eigenvalue weighted by Gasteiger charge is 2.04. The number of amides is 1. The molecule has 1 rings (SSSR count). The van der Waals surface area contributed by atoms with Crippen LogP contribution in [0.4, 0.5) is 5.69 Å². The van der Waals surface area contributed by atoms with Crippen LogP contribution in [0.5, 0.6) is 0 Å². The van der Waals surface area contributed by atoms with Crippen LogP contribution in [0.1, 0.15) is 6.92 Å². The van der Waals surface area contributed by atoms with Gasteiger partial charge in [-0.3, -0.25) is 4.79 Å². The molecule has 1 unspecified atom stereocenters. The second-order valence-electron chi connectivity index (χ2n) is 2.55. The Morgan fingerprint density at radius 2 is 2.00 bits per heavy atom. The van der Waals surface area contributed by atoms with Gasteiger partial charge >= 0.3 is 0 Å². The van der Waals surface area contributed by atoms with Gasteiger partial charge in [0.25, 0.3) is 0 Å². The van der Waals surface area contributed by atoms with E-state index in [1.807, 2.05) is 5.48 Å². The molecule has 1 amide bonds. The van der Waals surface area contributed by atoms with Gasteiger partial charge in [0.1, 0.15) is 0 Å². The lowest BCUT2D eigenvalue weighted by atomic mass is 10.3. The van der Waals surface area contributed by atoms with Crippen molar-refractivity contribution in [3.63, 3.8) is 0 Å². The van der Waals surface area contributed by atoms with Crippen LogP contribution in [0.2, 0.25) is 0 Å². The second-order valence-corrected chi connectivity index (χ2v) is 3.65. The van der Waals surface area contributed by atoms with Crippen molar-refractivity contribution in [3.8, 4) is 0 Å². The normalized spacial score (nSPS) is 12.1. The van der Waals surface area contributed by atoms with Crippen molar-refractivity contribution in [3.05, 3.63) is 24.3 Å². The number of nitrogen functional groups attached to an aromatic ring is 1. The Labute approximate surface area is 83.9 Å². The summed E-state index contributed by atoms with van der Waals surface area (Å²) in [7, 11) is 0. The molecule has 0 saturated carbocycles. The molecule has 6 heteroatoms. The molecular weight excluding hydrogens is 204 g/mol. The van der Waals surface area contributed by atoms with Crippen LogP contribution in [0, 0.1) is 0 Å². The number of rotatable bonds is 3. The van der Waals surface area contributed by atoms with E-state index in [0.717, 1.165) is 0 Å². The van der Waals surface area contributed by atoms with E-state index in [-0.39, 0.29) is 0 Å². The van der Waals surface area contributed by atoms with Crippen molar-refractivity contribution >= 4 is 22.7 Å². The molecule has 0 aliphatic carbocycles. The van der Waals surface area contributed by atoms with E-state index in [4.69, 9.17) is 5.73 Å². The van der Waals surface area contributed by atoms with Crippen LogP contribution < -0.4 is 11.2 Å². The Morgan fingerprint density at radius 1 is 1.43 bits per heavy atom. The van der Waals surface area contributed by atoms with Gasteiger partial charge < -0.3 is 5.73 Å². The Bertz CT molecular complexity index is 350. The van der Waals surface area contributed by atoms with Crippen molar-refractivity contribution < 1.29 is 13.3 Å². The Morgan fingerprint density at radius 3 is 2.50 bits per heavy atom. The first-order chi connectivity index (χ1) is 6.59. The summed E-state index contributed by atoms with van der Waals surface area (Å²) in [6.07, 6.45) is 0. The summed E-state index contributed by atoms with van der Waals surface area (Å²) < 4.78 is 15.9. The summed E-state index contributed by atoms with van der Waals surface area (Å²) in [6, 6.07) is 6.33. The third-order valence-corrected chi connectivity index (χ3v) is 2.23. The Kier molecular flexibility index (Phi) is 3.61. The number of anilines is 1. The minimum Gasteiger partial charge on any atom is -0.399 e. The van der Waals surface area contributed by atoms with Crippen molar-refractivity contribution in [2.45, 2.75) is 11.8 Å². The summed E-state index contributed by atoms with van der Waals surface area (Å²) in [5.41, 5.74) is 8.00. The molecule has 0 aromatic heterocycles. The average Bonchev–Trinajstić information content (AvgIpc) is 2.15. The van der Waals surface area contributed by atoms with Gasteiger partial charge in [-0.1, -0.05) is 0 Å². The molecule has 0 saturated heterocycles. The first-order valence-corrected chi connectivity index (χ1v) is 4.88. The van der Waals surface area contributed by atoms with Crippen molar-refractivity contribution in [2.75, 3.05) is 5.73 Å². The standard InChI is InChI=1S/C8H10N2O3S/c1-6(11)10-13-14(12)8-4-2-7(9)3-5-8/h2-5H,9H2,1H3,(H,10,11). The maximum absolute atomic E-state index is 11.3. The lowest BCUT2D eigenvalue weighted by Gasteiger charge is -2.02. The molecule has 0 radical (unpaired) electrons. The van der Waals surface area contributed by atoms with Gasteiger partial charge in [0.15, 0.2) is 0 Å². The summed E-state index contributed by atoms with van der Waals surface area (Å²) in [5.74, 6) is -0.409. The number of nitrogens with one attached hydrogen (secondary N) is 1. The minimum atomic E-state index is -1.70. The number of hydrogen-bond acceptors (Lipinski definition) is 4. The number of nitrogens with two attached hydrogens (primary N) is 1. The van der Waals surface area contributed by atoms with Crippen molar-refractivity contribution in [2.24, 2.45) is 0 Å². The molecule has 0 aliphatic rings. The number of carbonyl (C=O) groups excluding carboxylic acids is 1. The highest BCUT2D eigenvalue weighted by molar-refractivity contribution is 7.80. The molecular formula is C8H10N2O3S. The third-order valence-electron chi connectivity index (χ3n) is 1.33. The minimum absolute atomic E-state index is 0.409. The fourth-order valence-electron chi connectivity index (χ4n) is 0.724. The predicted octanol–water partition coefficient (Wildman–Crippen LogP) is 0.359. The number of hydroxylamine groups is 1. The lowest BCUT2D eigenvalue weighted by molar-refractivity contribution is -0.124. The van der Waals surface area contributed by atoms with Crippen LogP contribution in [-0.4, -0.2) is 10.1 Å². The van der Waals surface area contributed by atoms with E-state index in [9.17, 15) is 9.00 Å². The average molecular weight is 214 g/mol. The molecule has 0 fully saturated rings. The van der Waals surface area contributed by atoms with Crippen LogP contribution in [0.3, 0.4) is 0 Å². The molecule has 5 nitrogen and oxygen atoms in total. The van der Waals surface area contributed by atoms with Gasteiger partial charge in [-0.05, 0) is 24.3 Å².